The van der Waals surface area contributed by atoms with Crippen LogP contribution in [0.1, 0.15) is 18.1 Å². The maximum absolute atomic E-state index is 13.1. The smallest absolute Gasteiger partial charge is 0.335 e. The molecule has 0 atom stereocenters. The van der Waals surface area contributed by atoms with Crippen LogP contribution >= 0.6 is 11.6 Å². The molecule has 3 N–H and O–H groups in total. The van der Waals surface area contributed by atoms with Gasteiger partial charge >= 0.3 is 6.03 Å². The fourth-order valence-corrected chi connectivity index (χ4v) is 3.20. The van der Waals surface area contributed by atoms with Crippen LogP contribution in [-0.4, -0.2) is 37.0 Å². The lowest BCUT2D eigenvalue weighted by Gasteiger charge is -2.27. The number of hydrogen-bond donors (Lipinski definition) is 2. The van der Waals surface area contributed by atoms with Gasteiger partial charge in [0, 0.05) is 5.02 Å². The number of amides is 5. The molecule has 1 fully saturated rings. The lowest BCUT2D eigenvalue weighted by atomic mass is 10.1. The first kappa shape index (κ1) is 22.8. The average molecular weight is 458 g/mol. The van der Waals surface area contributed by atoms with Gasteiger partial charge in [-0.25, -0.2) is 9.69 Å². The summed E-state index contributed by atoms with van der Waals surface area (Å²) in [5, 5.41) is 2.54. The third kappa shape index (κ3) is 4.73. The van der Waals surface area contributed by atoms with Crippen molar-refractivity contribution in [3.8, 4) is 11.5 Å². The van der Waals surface area contributed by atoms with Gasteiger partial charge in [0.2, 0.25) is 0 Å². The zero-order chi connectivity index (χ0) is 23.4. The third-order valence-corrected chi connectivity index (χ3v) is 4.94. The fourth-order valence-electron chi connectivity index (χ4n) is 3.03. The molecule has 3 rings (SSSR count). The molecule has 0 aromatic heterocycles. The number of carbonyl (C=O) groups is 4. The van der Waals surface area contributed by atoms with Crippen LogP contribution in [0.3, 0.4) is 0 Å². The van der Waals surface area contributed by atoms with Crippen molar-refractivity contribution >= 4 is 47.1 Å². The van der Waals surface area contributed by atoms with E-state index < -0.39 is 23.8 Å². The van der Waals surface area contributed by atoms with Crippen molar-refractivity contribution in [2.24, 2.45) is 5.73 Å². The van der Waals surface area contributed by atoms with Gasteiger partial charge in [0.1, 0.15) is 5.57 Å². The summed E-state index contributed by atoms with van der Waals surface area (Å²) >= 11 is 6.12. The predicted octanol–water partition coefficient (Wildman–Crippen LogP) is 2.58. The molecule has 32 heavy (non-hydrogen) atoms. The van der Waals surface area contributed by atoms with Gasteiger partial charge in [0.25, 0.3) is 17.7 Å². The number of primary amides is 1. The van der Waals surface area contributed by atoms with Crippen molar-refractivity contribution in [2.45, 2.75) is 13.8 Å². The van der Waals surface area contributed by atoms with Gasteiger partial charge in [-0.2, -0.15) is 0 Å². The predicted molar refractivity (Wildman–Crippen MR) is 117 cm³/mol. The summed E-state index contributed by atoms with van der Waals surface area (Å²) < 4.78 is 10.8. The minimum atomic E-state index is -0.868. The molecule has 0 unspecified atom stereocenters. The Morgan fingerprint density at radius 1 is 1.16 bits per heavy atom. The van der Waals surface area contributed by atoms with Crippen LogP contribution in [0.5, 0.6) is 11.5 Å². The highest BCUT2D eigenvalue weighted by molar-refractivity contribution is 6.39. The number of barbiturate groups is 1. The first-order valence-electron chi connectivity index (χ1n) is 9.57. The van der Waals surface area contributed by atoms with E-state index in [-0.39, 0.29) is 23.6 Å². The number of anilines is 1. The molecule has 1 aliphatic rings. The zero-order valence-electron chi connectivity index (χ0n) is 17.3. The molecule has 0 saturated carbocycles. The lowest BCUT2D eigenvalue weighted by Crippen LogP contribution is -2.54. The second kappa shape index (κ2) is 9.52. The van der Waals surface area contributed by atoms with Crippen molar-refractivity contribution in [1.82, 2.24) is 5.32 Å². The van der Waals surface area contributed by atoms with E-state index in [4.69, 9.17) is 26.8 Å². The van der Waals surface area contributed by atoms with E-state index in [9.17, 15) is 19.2 Å². The van der Waals surface area contributed by atoms with Crippen LogP contribution < -0.4 is 25.4 Å². The molecule has 0 spiro atoms. The number of nitrogens with zero attached hydrogens (tertiary/aromatic N) is 1. The Morgan fingerprint density at radius 3 is 2.59 bits per heavy atom. The van der Waals surface area contributed by atoms with Crippen molar-refractivity contribution < 1.29 is 28.7 Å². The minimum absolute atomic E-state index is 0.253. The molecule has 5 amide bonds. The number of nitrogens with one attached hydrogen (secondary N) is 1. The monoisotopic (exact) mass is 457 g/mol. The number of rotatable bonds is 7. The average Bonchev–Trinajstić information content (AvgIpc) is 2.73. The maximum Gasteiger partial charge on any atom is 0.335 e. The second-order valence-corrected chi connectivity index (χ2v) is 7.14. The van der Waals surface area contributed by atoms with E-state index in [2.05, 4.69) is 5.32 Å². The van der Waals surface area contributed by atoms with E-state index in [1.165, 1.54) is 12.1 Å². The van der Waals surface area contributed by atoms with Crippen LogP contribution in [0.25, 0.3) is 6.08 Å². The second-order valence-electron chi connectivity index (χ2n) is 6.74. The maximum atomic E-state index is 13.1. The standard InChI is InChI=1S/C22H20ClN3O6/c1-3-31-18-10-13(7-8-17(18)32-11-19(24)27)9-14-20(28)25-22(30)26(21(14)29)16-6-4-5-15(23)12(16)2/h4-10H,3,11H2,1-2H3,(H2,24,27)(H,25,28,30)/b14-9+. The molecule has 10 heteroatoms. The van der Waals surface area contributed by atoms with E-state index in [0.29, 0.717) is 28.5 Å². The molecule has 2 aromatic rings. The van der Waals surface area contributed by atoms with Gasteiger partial charge in [-0.15, -0.1) is 0 Å². The number of ether oxygens (including phenoxy) is 2. The number of carbonyl (C=O) groups excluding carboxylic acids is 4. The third-order valence-electron chi connectivity index (χ3n) is 4.53. The van der Waals surface area contributed by atoms with Crippen LogP contribution in [0.4, 0.5) is 10.5 Å². The molecule has 0 radical (unpaired) electrons. The van der Waals surface area contributed by atoms with Crippen molar-refractivity contribution in [2.75, 3.05) is 18.1 Å². The highest BCUT2D eigenvalue weighted by Crippen LogP contribution is 2.32. The lowest BCUT2D eigenvalue weighted by molar-refractivity contribution is -0.123. The number of urea groups is 1. The molecule has 166 valence electrons. The summed E-state index contributed by atoms with van der Waals surface area (Å²) in [7, 11) is 0. The van der Waals surface area contributed by atoms with Gasteiger partial charge < -0.3 is 15.2 Å². The summed E-state index contributed by atoms with van der Waals surface area (Å²) in [6.45, 7) is 3.40. The Morgan fingerprint density at radius 2 is 1.91 bits per heavy atom. The summed E-state index contributed by atoms with van der Waals surface area (Å²) in [5.41, 5.74) is 6.07. The Balaban J connectivity index is 1.99. The number of hydrogen-bond acceptors (Lipinski definition) is 6. The first-order chi connectivity index (χ1) is 15.2. The van der Waals surface area contributed by atoms with E-state index in [1.807, 2.05) is 0 Å². The number of benzene rings is 2. The minimum Gasteiger partial charge on any atom is -0.490 e. The van der Waals surface area contributed by atoms with E-state index >= 15 is 0 Å². The topological polar surface area (TPSA) is 128 Å². The largest absolute Gasteiger partial charge is 0.490 e. The van der Waals surface area contributed by atoms with Gasteiger partial charge in [0.15, 0.2) is 18.1 Å². The highest BCUT2D eigenvalue weighted by atomic mass is 35.5. The molecule has 0 bridgehead atoms. The highest BCUT2D eigenvalue weighted by Gasteiger charge is 2.37. The van der Waals surface area contributed by atoms with Crippen molar-refractivity contribution in [3.63, 3.8) is 0 Å². The Kier molecular flexibility index (Phi) is 6.79. The van der Waals surface area contributed by atoms with Crippen molar-refractivity contribution in [1.29, 1.82) is 0 Å². The molecule has 1 heterocycles. The Labute approximate surface area is 188 Å². The summed E-state index contributed by atoms with van der Waals surface area (Å²) in [4.78, 5) is 49.8. The van der Waals surface area contributed by atoms with Crippen LogP contribution in [0.15, 0.2) is 42.0 Å². The van der Waals surface area contributed by atoms with E-state index in [1.54, 1.807) is 44.2 Å². The molecule has 2 aromatic carbocycles. The van der Waals surface area contributed by atoms with Crippen LogP contribution in [-0.2, 0) is 14.4 Å². The summed E-state index contributed by atoms with van der Waals surface area (Å²) in [6.07, 6.45) is 1.33. The molecule has 1 saturated heterocycles. The Bertz CT molecular complexity index is 1140. The van der Waals surface area contributed by atoms with Crippen LogP contribution in [0.2, 0.25) is 5.02 Å². The molecular weight excluding hydrogens is 438 g/mol. The van der Waals surface area contributed by atoms with Gasteiger partial charge in [-0.1, -0.05) is 23.7 Å². The van der Waals surface area contributed by atoms with Crippen LogP contribution in [0, 0.1) is 6.92 Å². The number of nitrogens with two attached hydrogens (primary N) is 1. The van der Waals surface area contributed by atoms with Gasteiger partial charge in [0.05, 0.1) is 12.3 Å². The summed E-state index contributed by atoms with van der Waals surface area (Å²) in [6, 6.07) is 8.56. The number of imide groups is 2. The zero-order valence-corrected chi connectivity index (χ0v) is 18.1. The normalized spacial score (nSPS) is 15.0. The van der Waals surface area contributed by atoms with Crippen molar-refractivity contribution in [3.05, 3.63) is 58.1 Å². The molecule has 0 aliphatic carbocycles. The molecule has 9 nitrogen and oxygen atoms in total. The Hall–Kier alpha value is -3.85. The quantitative estimate of drug-likeness (QED) is 0.485. The molecule has 1 aliphatic heterocycles. The fraction of sp³-hybridized carbons (Fsp3) is 0.182. The summed E-state index contributed by atoms with van der Waals surface area (Å²) in [5.74, 6) is -1.70. The number of halogens is 1. The van der Waals surface area contributed by atoms with E-state index in [0.717, 1.165) is 4.90 Å². The molecular formula is C22H20ClN3O6. The SMILES string of the molecule is CCOc1cc(/C=C2\C(=O)NC(=O)N(c3cccc(Cl)c3C)C2=O)ccc1OCC(N)=O. The van der Waals surface area contributed by atoms with Gasteiger partial charge in [-0.3, -0.25) is 19.7 Å². The first-order valence-corrected chi connectivity index (χ1v) is 9.95. The van der Waals surface area contributed by atoms with Gasteiger partial charge in [-0.05, 0) is 55.3 Å².